The number of fused-ring (bicyclic) bond motifs is 1. The van der Waals surface area contributed by atoms with Crippen LogP contribution in [-0.2, 0) is 11.8 Å². The van der Waals surface area contributed by atoms with Gasteiger partial charge in [-0.05, 0) is 47.6 Å². The molecule has 0 spiro atoms. The summed E-state index contributed by atoms with van der Waals surface area (Å²) >= 11 is 0. The fourth-order valence-corrected chi connectivity index (χ4v) is 2.95. The monoisotopic (exact) mass is 296 g/mol. The third kappa shape index (κ3) is 2.80. The zero-order valence-corrected chi connectivity index (χ0v) is 13.9. The SMILES string of the molecule is COc1ccc2c(c1)N(c1cc(C(C)(C)C)ccn1)CCC2. The molecular formula is C19H24N2O. The van der Waals surface area contributed by atoms with Crippen molar-refractivity contribution in [3.63, 3.8) is 0 Å². The first-order valence-corrected chi connectivity index (χ1v) is 7.90. The number of hydrogen-bond acceptors (Lipinski definition) is 3. The molecule has 0 N–H and O–H groups in total. The van der Waals surface area contributed by atoms with Crippen LogP contribution in [0.25, 0.3) is 0 Å². The molecule has 22 heavy (non-hydrogen) atoms. The van der Waals surface area contributed by atoms with Crippen molar-refractivity contribution in [2.24, 2.45) is 0 Å². The van der Waals surface area contributed by atoms with E-state index in [-0.39, 0.29) is 5.41 Å². The standard InChI is InChI=1S/C19H24N2O/c1-19(2,3)15-9-10-20-18(12-15)21-11-5-6-14-7-8-16(22-4)13-17(14)21/h7-10,12-13H,5-6,11H2,1-4H3. The van der Waals surface area contributed by atoms with E-state index in [1.165, 1.54) is 16.8 Å². The molecule has 0 atom stereocenters. The number of benzene rings is 1. The summed E-state index contributed by atoms with van der Waals surface area (Å²) in [4.78, 5) is 6.93. The maximum atomic E-state index is 5.40. The molecular weight excluding hydrogens is 272 g/mol. The Bertz CT molecular complexity index is 673. The van der Waals surface area contributed by atoms with Gasteiger partial charge in [0.05, 0.1) is 7.11 Å². The Hall–Kier alpha value is -2.03. The number of ether oxygens (including phenoxy) is 1. The molecule has 0 aliphatic carbocycles. The van der Waals surface area contributed by atoms with Gasteiger partial charge in [0.2, 0.25) is 0 Å². The number of methoxy groups -OCH3 is 1. The highest BCUT2D eigenvalue weighted by molar-refractivity contribution is 5.67. The smallest absolute Gasteiger partial charge is 0.133 e. The summed E-state index contributed by atoms with van der Waals surface area (Å²) in [6.07, 6.45) is 4.19. The van der Waals surface area contributed by atoms with E-state index in [0.717, 1.165) is 31.0 Å². The summed E-state index contributed by atoms with van der Waals surface area (Å²) in [5.41, 5.74) is 4.04. The van der Waals surface area contributed by atoms with Crippen LogP contribution in [-0.4, -0.2) is 18.6 Å². The number of anilines is 2. The zero-order chi connectivity index (χ0) is 15.7. The molecule has 2 aromatic rings. The van der Waals surface area contributed by atoms with Crippen LogP contribution in [0.1, 0.15) is 38.3 Å². The van der Waals surface area contributed by atoms with Crippen LogP contribution < -0.4 is 9.64 Å². The molecule has 3 rings (SSSR count). The summed E-state index contributed by atoms with van der Waals surface area (Å²) in [7, 11) is 1.72. The second-order valence-electron chi connectivity index (χ2n) is 6.90. The minimum Gasteiger partial charge on any atom is -0.497 e. The normalized spacial score (nSPS) is 14.6. The van der Waals surface area contributed by atoms with Crippen molar-refractivity contribution in [3.8, 4) is 5.75 Å². The zero-order valence-electron chi connectivity index (χ0n) is 13.9. The molecule has 1 aliphatic rings. The summed E-state index contributed by atoms with van der Waals surface area (Å²) in [5.74, 6) is 1.93. The summed E-state index contributed by atoms with van der Waals surface area (Å²) in [6, 6.07) is 10.7. The fraction of sp³-hybridized carbons (Fsp3) is 0.421. The number of hydrogen-bond donors (Lipinski definition) is 0. The molecule has 3 heteroatoms. The second kappa shape index (κ2) is 5.64. The quantitative estimate of drug-likeness (QED) is 0.817. The molecule has 0 unspecified atom stereocenters. The Kier molecular flexibility index (Phi) is 3.81. The van der Waals surface area contributed by atoms with Crippen molar-refractivity contribution in [3.05, 3.63) is 47.7 Å². The first kappa shape index (κ1) is 14.9. The molecule has 0 fully saturated rings. The molecule has 0 bridgehead atoms. The minimum atomic E-state index is 0.130. The van der Waals surface area contributed by atoms with Crippen LogP contribution in [0.2, 0.25) is 0 Å². The van der Waals surface area contributed by atoms with Crippen LogP contribution in [0.5, 0.6) is 5.75 Å². The predicted molar refractivity (Wildman–Crippen MR) is 91.3 cm³/mol. The lowest BCUT2D eigenvalue weighted by Crippen LogP contribution is -2.26. The Morgan fingerprint density at radius 3 is 2.68 bits per heavy atom. The average Bonchev–Trinajstić information content (AvgIpc) is 2.53. The summed E-state index contributed by atoms with van der Waals surface area (Å²) in [6.45, 7) is 7.71. The first-order valence-electron chi connectivity index (χ1n) is 7.90. The number of pyridine rings is 1. The highest BCUT2D eigenvalue weighted by atomic mass is 16.5. The van der Waals surface area contributed by atoms with E-state index < -0.39 is 0 Å². The Morgan fingerprint density at radius 1 is 1.14 bits per heavy atom. The molecule has 116 valence electrons. The summed E-state index contributed by atoms with van der Waals surface area (Å²) < 4.78 is 5.40. The molecule has 0 saturated carbocycles. The number of rotatable bonds is 2. The predicted octanol–water partition coefficient (Wildman–Crippen LogP) is 4.47. The van der Waals surface area contributed by atoms with Crippen molar-refractivity contribution in [2.75, 3.05) is 18.6 Å². The third-order valence-corrected chi connectivity index (χ3v) is 4.30. The van der Waals surface area contributed by atoms with Crippen LogP contribution in [0.15, 0.2) is 36.5 Å². The van der Waals surface area contributed by atoms with Gasteiger partial charge in [-0.3, -0.25) is 0 Å². The molecule has 1 aliphatic heterocycles. The fourth-order valence-electron chi connectivity index (χ4n) is 2.95. The van der Waals surface area contributed by atoms with Gasteiger partial charge >= 0.3 is 0 Å². The Morgan fingerprint density at radius 2 is 1.95 bits per heavy atom. The molecule has 0 radical (unpaired) electrons. The number of aryl methyl sites for hydroxylation is 1. The lowest BCUT2D eigenvalue weighted by Gasteiger charge is -2.31. The van der Waals surface area contributed by atoms with Gasteiger partial charge in [-0.25, -0.2) is 4.98 Å². The number of aromatic nitrogens is 1. The third-order valence-electron chi connectivity index (χ3n) is 4.30. The van der Waals surface area contributed by atoms with Crippen molar-refractivity contribution in [1.29, 1.82) is 0 Å². The first-order chi connectivity index (χ1) is 10.5. The lowest BCUT2D eigenvalue weighted by atomic mass is 9.87. The average molecular weight is 296 g/mol. The second-order valence-corrected chi connectivity index (χ2v) is 6.90. The van der Waals surface area contributed by atoms with Gasteiger partial charge in [0, 0.05) is 24.5 Å². The van der Waals surface area contributed by atoms with Gasteiger partial charge < -0.3 is 9.64 Å². The van der Waals surface area contributed by atoms with Crippen LogP contribution in [0.4, 0.5) is 11.5 Å². The van der Waals surface area contributed by atoms with Gasteiger partial charge in [0.15, 0.2) is 0 Å². The molecule has 0 amide bonds. The van der Waals surface area contributed by atoms with Crippen molar-refractivity contribution in [1.82, 2.24) is 4.98 Å². The highest BCUT2D eigenvalue weighted by Crippen LogP contribution is 2.36. The van der Waals surface area contributed by atoms with Crippen molar-refractivity contribution < 1.29 is 4.74 Å². The molecule has 3 nitrogen and oxygen atoms in total. The maximum absolute atomic E-state index is 5.40. The van der Waals surface area contributed by atoms with Gasteiger partial charge in [-0.2, -0.15) is 0 Å². The van der Waals surface area contributed by atoms with E-state index in [1.54, 1.807) is 7.11 Å². The van der Waals surface area contributed by atoms with E-state index >= 15 is 0 Å². The van der Waals surface area contributed by atoms with Gasteiger partial charge in [0.25, 0.3) is 0 Å². The van der Waals surface area contributed by atoms with Gasteiger partial charge in [0.1, 0.15) is 11.6 Å². The van der Waals surface area contributed by atoms with Gasteiger partial charge in [-0.15, -0.1) is 0 Å². The van der Waals surface area contributed by atoms with Gasteiger partial charge in [-0.1, -0.05) is 26.8 Å². The van der Waals surface area contributed by atoms with Crippen LogP contribution in [0.3, 0.4) is 0 Å². The van der Waals surface area contributed by atoms with E-state index in [1.807, 2.05) is 12.3 Å². The number of nitrogens with zero attached hydrogens (tertiary/aromatic N) is 2. The van der Waals surface area contributed by atoms with Crippen LogP contribution >= 0.6 is 0 Å². The van der Waals surface area contributed by atoms with E-state index in [4.69, 9.17) is 4.74 Å². The van der Waals surface area contributed by atoms with E-state index in [2.05, 4.69) is 54.9 Å². The van der Waals surface area contributed by atoms with Crippen molar-refractivity contribution in [2.45, 2.75) is 39.0 Å². The van der Waals surface area contributed by atoms with Crippen molar-refractivity contribution >= 4 is 11.5 Å². The highest BCUT2D eigenvalue weighted by Gasteiger charge is 2.22. The Balaban J connectivity index is 2.04. The molecule has 2 heterocycles. The topological polar surface area (TPSA) is 25.4 Å². The maximum Gasteiger partial charge on any atom is 0.133 e. The Labute approximate surface area is 132 Å². The van der Waals surface area contributed by atoms with E-state index in [0.29, 0.717) is 0 Å². The van der Waals surface area contributed by atoms with Crippen LogP contribution in [0, 0.1) is 0 Å². The molecule has 0 saturated heterocycles. The summed E-state index contributed by atoms with van der Waals surface area (Å²) in [5, 5.41) is 0. The molecule has 1 aromatic carbocycles. The molecule has 1 aromatic heterocycles. The minimum absolute atomic E-state index is 0.130. The largest absolute Gasteiger partial charge is 0.497 e. The lowest BCUT2D eigenvalue weighted by molar-refractivity contribution is 0.414. The van der Waals surface area contributed by atoms with E-state index in [9.17, 15) is 0 Å².